The maximum Gasteiger partial charge on any atom is 0.270 e. The van der Waals surface area contributed by atoms with Crippen LogP contribution < -0.4 is 11.1 Å². The Hall–Kier alpha value is -0.980. The van der Waals surface area contributed by atoms with Crippen molar-refractivity contribution in [1.29, 1.82) is 0 Å². The molecule has 2 heterocycles. The van der Waals surface area contributed by atoms with Crippen LogP contribution in [-0.4, -0.2) is 48.0 Å². The number of hydrogen-bond donors (Lipinski definition) is 2. The highest BCUT2D eigenvalue weighted by molar-refractivity contribution is 7.09. The van der Waals surface area contributed by atoms with Gasteiger partial charge in [-0.3, -0.25) is 4.79 Å². The minimum absolute atomic E-state index is 0.0591. The van der Waals surface area contributed by atoms with E-state index in [1.165, 1.54) is 30.7 Å². The van der Waals surface area contributed by atoms with E-state index in [4.69, 9.17) is 5.73 Å². The number of thiazole rings is 1. The highest BCUT2D eigenvalue weighted by Gasteiger charge is 2.22. The molecule has 0 aromatic carbocycles. The molecule has 0 bridgehead atoms. The molecule has 1 unspecified atom stereocenters. The van der Waals surface area contributed by atoms with Crippen LogP contribution in [0.25, 0.3) is 0 Å². The van der Waals surface area contributed by atoms with Crippen molar-refractivity contribution in [2.45, 2.75) is 39.2 Å². The summed E-state index contributed by atoms with van der Waals surface area (Å²) < 4.78 is 0. The fraction of sp³-hybridized carbons (Fsp3) is 0.733. The zero-order chi connectivity index (χ0) is 15.2. The van der Waals surface area contributed by atoms with Gasteiger partial charge in [-0.2, -0.15) is 0 Å². The van der Waals surface area contributed by atoms with Crippen molar-refractivity contribution in [2.75, 3.05) is 26.2 Å². The lowest BCUT2D eigenvalue weighted by molar-refractivity contribution is 0.0918. The topological polar surface area (TPSA) is 71.2 Å². The molecule has 3 N–H and O–H groups in total. The number of rotatable bonds is 6. The lowest BCUT2D eigenvalue weighted by atomic mass is 9.97. The molecule has 0 saturated carbocycles. The largest absolute Gasteiger partial charge is 0.350 e. The third kappa shape index (κ3) is 4.76. The van der Waals surface area contributed by atoms with E-state index in [1.54, 1.807) is 0 Å². The summed E-state index contributed by atoms with van der Waals surface area (Å²) in [6, 6.07) is 0.584. The Labute approximate surface area is 130 Å². The second-order valence-corrected chi connectivity index (χ2v) is 6.91. The van der Waals surface area contributed by atoms with Gasteiger partial charge in [0.2, 0.25) is 0 Å². The van der Waals surface area contributed by atoms with Crippen LogP contribution in [0.2, 0.25) is 0 Å². The third-order valence-corrected chi connectivity index (χ3v) is 4.88. The monoisotopic (exact) mass is 310 g/mol. The van der Waals surface area contributed by atoms with Gasteiger partial charge in [-0.05, 0) is 45.7 Å². The molecule has 1 aromatic heterocycles. The van der Waals surface area contributed by atoms with Crippen LogP contribution in [0.1, 0.15) is 42.2 Å². The molecule has 1 aliphatic rings. The van der Waals surface area contributed by atoms with Crippen LogP contribution in [0.15, 0.2) is 5.38 Å². The molecule has 0 radical (unpaired) electrons. The van der Waals surface area contributed by atoms with E-state index in [0.29, 0.717) is 24.2 Å². The van der Waals surface area contributed by atoms with Crippen molar-refractivity contribution in [3.05, 3.63) is 16.1 Å². The smallest absolute Gasteiger partial charge is 0.270 e. The summed E-state index contributed by atoms with van der Waals surface area (Å²) in [5.74, 6) is 0.489. The van der Waals surface area contributed by atoms with Crippen LogP contribution in [0, 0.1) is 5.92 Å². The Morgan fingerprint density at radius 2 is 2.43 bits per heavy atom. The first-order valence-electron chi connectivity index (χ1n) is 7.77. The predicted molar refractivity (Wildman–Crippen MR) is 86.6 cm³/mol. The molecule has 1 atom stereocenters. The summed E-state index contributed by atoms with van der Waals surface area (Å²) in [7, 11) is 0. The Kier molecular flexibility index (Phi) is 6.14. The fourth-order valence-corrected chi connectivity index (χ4v) is 3.51. The SMILES string of the molecule is CC(C)N1CCCC(CNC(=O)c2csc(CCN)n2)C1. The summed E-state index contributed by atoms with van der Waals surface area (Å²) >= 11 is 1.51. The first-order valence-corrected chi connectivity index (χ1v) is 8.64. The van der Waals surface area contributed by atoms with Gasteiger partial charge in [-0.15, -0.1) is 11.3 Å². The van der Waals surface area contributed by atoms with Crippen LogP contribution >= 0.6 is 11.3 Å². The van der Waals surface area contributed by atoms with E-state index >= 15 is 0 Å². The van der Waals surface area contributed by atoms with Crippen LogP contribution in [-0.2, 0) is 6.42 Å². The molecule has 1 saturated heterocycles. The molecule has 1 aromatic rings. The zero-order valence-corrected chi connectivity index (χ0v) is 13.8. The van der Waals surface area contributed by atoms with Gasteiger partial charge in [0.25, 0.3) is 5.91 Å². The van der Waals surface area contributed by atoms with Crippen LogP contribution in [0.5, 0.6) is 0 Å². The van der Waals surface area contributed by atoms with Crippen molar-refractivity contribution in [2.24, 2.45) is 11.7 Å². The molecule has 1 amide bonds. The van der Waals surface area contributed by atoms with Gasteiger partial charge < -0.3 is 16.0 Å². The van der Waals surface area contributed by atoms with Gasteiger partial charge in [0.05, 0.1) is 5.01 Å². The van der Waals surface area contributed by atoms with Crippen molar-refractivity contribution < 1.29 is 4.79 Å². The number of carbonyl (C=O) groups excluding carboxylic acids is 1. The molecule has 6 heteroatoms. The second-order valence-electron chi connectivity index (χ2n) is 5.97. The highest BCUT2D eigenvalue weighted by Crippen LogP contribution is 2.18. The van der Waals surface area contributed by atoms with Gasteiger partial charge in [0.15, 0.2) is 0 Å². The summed E-state index contributed by atoms with van der Waals surface area (Å²) in [4.78, 5) is 18.9. The van der Waals surface area contributed by atoms with Crippen molar-refractivity contribution in [1.82, 2.24) is 15.2 Å². The van der Waals surface area contributed by atoms with E-state index in [1.807, 2.05) is 5.38 Å². The Morgan fingerprint density at radius 1 is 1.62 bits per heavy atom. The van der Waals surface area contributed by atoms with Gasteiger partial charge in [-0.25, -0.2) is 4.98 Å². The molecule has 2 rings (SSSR count). The fourth-order valence-electron chi connectivity index (χ4n) is 2.71. The van der Waals surface area contributed by atoms with Crippen molar-refractivity contribution in [3.8, 4) is 0 Å². The van der Waals surface area contributed by atoms with E-state index in [2.05, 4.69) is 29.0 Å². The third-order valence-electron chi connectivity index (χ3n) is 3.97. The van der Waals surface area contributed by atoms with Gasteiger partial charge in [-0.1, -0.05) is 0 Å². The lowest BCUT2D eigenvalue weighted by Crippen LogP contribution is -2.43. The number of aromatic nitrogens is 1. The highest BCUT2D eigenvalue weighted by atomic mass is 32.1. The number of nitrogens with two attached hydrogens (primary N) is 1. The van der Waals surface area contributed by atoms with Gasteiger partial charge in [0, 0.05) is 30.9 Å². The maximum absolute atomic E-state index is 12.1. The minimum atomic E-state index is -0.0591. The number of piperidine rings is 1. The van der Waals surface area contributed by atoms with Crippen LogP contribution in [0.4, 0.5) is 0 Å². The average Bonchev–Trinajstić information content (AvgIpc) is 2.94. The van der Waals surface area contributed by atoms with Crippen molar-refractivity contribution in [3.63, 3.8) is 0 Å². The summed E-state index contributed by atoms with van der Waals surface area (Å²) in [6.07, 6.45) is 3.15. The molecule has 1 fully saturated rings. The quantitative estimate of drug-likeness (QED) is 0.835. The maximum atomic E-state index is 12.1. The number of hydrogen-bond acceptors (Lipinski definition) is 5. The first-order chi connectivity index (χ1) is 10.1. The van der Waals surface area contributed by atoms with E-state index in [-0.39, 0.29) is 5.91 Å². The minimum Gasteiger partial charge on any atom is -0.350 e. The molecular formula is C15H26N4OS. The summed E-state index contributed by atoms with van der Waals surface area (Å²) in [5.41, 5.74) is 6.03. The average molecular weight is 310 g/mol. The second kappa shape index (κ2) is 7.87. The number of nitrogens with one attached hydrogen (secondary N) is 1. The summed E-state index contributed by atoms with van der Waals surface area (Å²) in [5, 5.41) is 5.79. The molecule has 0 aliphatic carbocycles. The Balaban J connectivity index is 1.80. The van der Waals surface area contributed by atoms with Gasteiger partial charge >= 0.3 is 0 Å². The normalized spacial score (nSPS) is 19.9. The van der Waals surface area contributed by atoms with E-state index in [0.717, 1.165) is 24.5 Å². The molecule has 0 spiro atoms. The van der Waals surface area contributed by atoms with E-state index in [9.17, 15) is 4.79 Å². The zero-order valence-electron chi connectivity index (χ0n) is 13.0. The summed E-state index contributed by atoms with van der Waals surface area (Å²) in [6.45, 7) is 8.03. The Bertz CT molecular complexity index is 460. The molecule has 1 aliphatic heterocycles. The molecule has 118 valence electrons. The molecule has 21 heavy (non-hydrogen) atoms. The molecular weight excluding hydrogens is 284 g/mol. The predicted octanol–water partition coefficient (Wildman–Crippen LogP) is 1.49. The Morgan fingerprint density at radius 3 is 3.14 bits per heavy atom. The van der Waals surface area contributed by atoms with Crippen molar-refractivity contribution >= 4 is 17.2 Å². The number of amides is 1. The number of nitrogens with zero attached hydrogens (tertiary/aromatic N) is 2. The van der Waals surface area contributed by atoms with E-state index < -0.39 is 0 Å². The van der Waals surface area contributed by atoms with Crippen LogP contribution in [0.3, 0.4) is 0 Å². The number of carbonyl (C=O) groups is 1. The van der Waals surface area contributed by atoms with Gasteiger partial charge in [0.1, 0.15) is 5.69 Å². The lowest BCUT2D eigenvalue weighted by Gasteiger charge is -2.35. The molecule has 5 nitrogen and oxygen atoms in total. The first kappa shape index (κ1) is 16.4. The number of likely N-dealkylation sites (tertiary alicyclic amines) is 1. The standard InChI is InChI=1S/C15H26N4OS/c1-11(2)19-7-3-4-12(9-19)8-17-15(20)13-10-21-14(18-13)5-6-16/h10-12H,3-9,16H2,1-2H3,(H,17,20).